The van der Waals surface area contributed by atoms with Gasteiger partial charge < -0.3 is 10.6 Å². The number of nitrogens with zero attached hydrogens (tertiary/aromatic N) is 3. The molecule has 130 valence electrons. The molecule has 0 unspecified atom stereocenters. The Kier molecular flexibility index (Phi) is 5.54. The maximum Gasteiger partial charge on any atom is 0.253 e. The molecule has 7 heteroatoms. The van der Waals surface area contributed by atoms with Gasteiger partial charge in [0.2, 0.25) is 5.91 Å². The zero-order chi connectivity index (χ0) is 17.9. The Hall–Kier alpha value is -2.44. The van der Waals surface area contributed by atoms with Gasteiger partial charge in [0.1, 0.15) is 6.04 Å². The summed E-state index contributed by atoms with van der Waals surface area (Å²) in [6, 6.07) is 1.38. The first-order valence-corrected chi connectivity index (χ1v) is 8.19. The quantitative estimate of drug-likeness (QED) is 0.846. The van der Waals surface area contributed by atoms with Crippen LogP contribution in [0.1, 0.15) is 50.5 Å². The number of carbonyl (C=O) groups is 2. The summed E-state index contributed by atoms with van der Waals surface area (Å²) in [4.78, 5) is 28.8. The van der Waals surface area contributed by atoms with Crippen LogP contribution in [0.25, 0.3) is 11.0 Å². The molecule has 24 heavy (non-hydrogen) atoms. The van der Waals surface area contributed by atoms with E-state index in [0.29, 0.717) is 12.0 Å². The van der Waals surface area contributed by atoms with E-state index in [4.69, 9.17) is 0 Å². The van der Waals surface area contributed by atoms with Crippen molar-refractivity contribution in [3.63, 3.8) is 0 Å². The first-order chi connectivity index (χ1) is 11.3. The highest BCUT2D eigenvalue weighted by atomic mass is 16.2. The van der Waals surface area contributed by atoms with Crippen LogP contribution in [0.3, 0.4) is 0 Å². The number of likely N-dealkylation sites (N-methyl/N-ethyl adjacent to an activating group) is 1. The van der Waals surface area contributed by atoms with Crippen molar-refractivity contribution in [3.8, 4) is 0 Å². The minimum absolute atomic E-state index is 0.193. The van der Waals surface area contributed by atoms with Crippen LogP contribution < -0.4 is 10.6 Å². The average Bonchev–Trinajstić information content (AvgIpc) is 2.96. The van der Waals surface area contributed by atoms with Crippen LogP contribution in [-0.4, -0.2) is 39.7 Å². The van der Waals surface area contributed by atoms with Crippen LogP contribution in [0.15, 0.2) is 18.5 Å². The minimum atomic E-state index is -0.559. The third-order valence-corrected chi connectivity index (χ3v) is 3.76. The number of aromatic nitrogens is 3. The van der Waals surface area contributed by atoms with Gasteiger partial charge in [-0.1, -0.05) is 13.8 Å². The second kappa shape index (κ2) is 7.42. The van der Waals surface area contributed by atoms with Crippen molar-refractivity contribution in [1.29, 1.82) is 0 Å². The molecule has 1 atom stereocenters. The van der Waals surface area contributed by atoms with Crippen LogP contribution in [-0.2, 0) is 4.79 Å². The summed E-state index contributed by atoms with van der Waals surface area (Å²) in [6.45, 7) is 8.06. The lowest BCUT2D eigenvalue weighted by Gasteiger charge is -2.19. The normalized spacial score (nSPS) is 12.6. The van der Waals surface area contributed by atoms with E-state index in [1.165, 1.54) is 6.20 Å². The number of hydrogen-bond acceptors (Lipinski definition) is 4. The Balaban J connectivity index is 2.22. The smallest absolute Gasteiger partial charge is 0.253 e. The van der Waals surface area contributed by atoms with E-state index in [9.17, 15) is 9.59 Å². The second-order valence-corrected chi connectivity index (χ2v) is 6.59. The second-order valence-electron chi connectivity index (χ2n) is 6.59. The summed E-state index contributed by atoms with van der Waals surface area (Å²) in [7, 11) is 1.57. The van der Waals surface area contributed by atoms with Crippen LogP contribution >= 0.6 is 0 Å². The van der Waals surface area contributed by atoms with Crippen molar-refractivity contribution in [2.24, 2.45) is 5.92 Å². The van der Waals surface area contributed by atoms with Gasteiger partial charge in [0.05, 0.1) is 11.8 Å². The third kappa shape index (κ3) is 3.90. The van der Waals surface area contributed by atoms with Gasteiger partial charge in [-0.15, -0.1) is 0 Å². The Labute approximate surface area is 141 Å². The molecular weight excluding hydrogens is 306 g/mol. The van der Waals surface area contributed by atoms with Crippen LogP contribution in [0.5, 0.6) is 0 Å². The van der Waals surface area contributed by atoms with Gasteiger partial charge >= 0.3 is 0 Å². The minimum Gasteiger partial charge on any atom is -0.357 e. The van der Waals surface area contributed by atoms with Crippen molar-refractivity contribution in [3.05, 3.63) is 24.0 Å². The molecule has 7 nitrogen and oxygen atoms in total. The molecular formula is C17H25N5O2. The van der Waals surface area contributed by atoms with E-state index in [0.717, 1.165) is 11.0 Å². The lowest BCUT2D eigenvalue weighted by molar-refractivity contribution is -0.122. The summed E-state index contributed by atoms with van der Waals surface area (Å²) >= 11 is 0. The summed E-state index contributed by atoms with van der Waals surface area (Å²) in [5.41, 5.74) is 1.16. The predicted octanol–water partition coefficient (Wildman–Crippen LogP) is 1.90. The third-order valence-electron chi connectivity index (χ3n) is 3.76. The molecule has 0 saturated heterocycles. The number of carbonyl (C=O) groups excluding carboxylic acids is 2. The largest absolute Gasteiger partial charge is 0.357 e. The Morgan fingerprint density at radius 1 is 1.21 bits per heavy atom. The fraction of sp³-hybridized carbons (Fsp3) is 0.529. The van der Waals surface area contributed by atoms with Gasteiger partial charge in [0, 0.05) is 24.7 Å². The summed E-state index contributed by atoms with van der Waals surface area (Å²) in [5, 5.41) is 10.5. The predicted molar refractivity (Wildman–Crippen MR) is 92.7 cm³/mol. The van der Waals surface area contributed by atoms with Gasteiger partial charge in [-0.3, -0.25) is 9.59 Å². The van der Waals surface area contributed by atoms with Crippen molar-refractivity contribution in [2.45, 2.75) is 46.2 Å². The fourth-order valence-electron chi connectivity index (χ4n) is 2.56. The maximum absolute atomic E-state index is 12.5. The molecule has 0 aliphatic heterocycles. The highest BCUT2D eigenvalue weighted by Gasteiger charge is 2.22. The van der Waals surface area contributed by atoms with Gasteiger partial charge in [-0.25, -0.2) is 9.67 Å². The average molecular weight is 331 g/mol. The van der Waals surface area contributed by atoms with Crippen molar-refractivity contribution < 1.29 is 9.59 Å². The highest BCUT2D eigenvalue weighted by molar-refractivity contribution is 5.99. The lowest BCUT2D eigenvalue weighted by Crippen LogP contribution is -2.46. The molecule has 0 aliphatic rings. The molecule has 2 heterocycles. The Bertz CT molecular complexity index is 736. The topological polar surface area (TPSA) is 88.9 Å². The number of pyridine rings is 1. The fourth-order valence-corrected chi connectivity index (χ4v) is 2.56. The van der Waals surface area contributed by atoms with E-state index < -0.39 is 6.04 Å². The van der Waals surface area contributed by atoms with Crippen molar-refractivity contribution >= 4 is 22.8 Å². The zero-order valence-electron chi connectivity index (χ0n) is 14.8. The molecule has 2 amide bonds. The number of amides is 2. The first-order valence-electron chi connectivity index (χ1n) is 8.19. The molecule has 0 aliphatic carbocycles. The van der Waals surface area contributed by atoms with E-state index in [1.54, 1.807) is 19.3 Å². The summed E-state index contributed by atoms with van der Waals surface area (Å²) < 4.78 is 1.81. The first kappa shape index (κ1) is 17.9. The van der Waals surface area contributed by atoms with E-state index in [2.05, 4.69) is 20.7 Å². The number of rotatable bonds is 6. The molecule has 0 fully saturated rings. The van der Waals surface area contributed by atoms with Crippen LogP contribution in [0.2, 0.25) is 0 Å². The van der Waals surface area contributed by atoms with E-state index in [1.807, 2.05) is 32.4 Å². The summed E-state index contributed by atoms with van der Waals surface area (Å²) in [5.74, 6) is -0.216. The van der Waals surface area contributed by atoms with Crippen molar-refractivity contribution in [1.82, 2.24) is 25.4 Å². The molecule has 0 radical (unpaired) electrons. The molecule has 0 bridgehead atoms. The standard InChI is InChI=1S/C17H25N5O2/c1-10(2)6-14(17(24)18-5)21-16(23)13-7-12-9-20-22(11(3)4)15(12)19-8-13/h7-11,14H,6H2,1-5H3,(H,18,24)(H,21,23)/t14-/m1/s1. The molecule has 2 rings (SSSR count). The molecule has 0 saturated carbocycles. The number of hydrogen-bond donors (Lipinski definition) is 2. The molecule has 0 spiro atoms. The summed E-state index contributed by atoms with van der Waals surface area (Å²) in [6.07, 6.45) is 3.80. The van der Waals surface area contributed by atoms with Gasteiger partial charge in [0.15, 0.2) is 5.65 Å². The zero-order valence-corrected chi connectivity index (χ0v) is 14.8. The molecule has 2 N–H and O–H groups in total. The van der Waals surface area contributed by atoms with E-state index >= 15 is 0 Å². The van der Waals surface area contributed by atoms with Crippen LogP contribution in [0.4, 0.5) is 0 Å². The lowest BCUT2D eigenvalue weighted by atomic mass is 10.0. The molecule has 2 aromatic heterocycles. The molecule has 0 aromatic carbocycles. The number of fused-ring (bicyclic) bond motifs is 1. The number of nitrogens with one attached hydrogen (secondary N) is 2. The van der Waals surface area contributed by atoms with Gasteiger partial charge in [-0.2, -0.15) is 5.10 Å². The Morgan fingerprint density at radius 3 is 2.50 bits per heavy atom. The van der Waals surface area contributed by atoms with Crippen LogP contribution in [0, 0.1) is 5.92 Å². The van der Waals surface area contributed by atoms with Crippen molar-refractivity contribution in [2.75, 3.05) is 7.05 Å². The monoisotopic (exact) mass is 331 g/mol. The highest BCUT2D eigenvalue weighted by Crippen LogP contribution is 2.17. The van der Waals surface area contributed by atoms with Gasteiger partial charge in [-0.05, 0) is 32.3 Å². The molecule has 2 aromatic rings. The maximum atomic E-state index is 12.5. The Morgan fingerprint density at radius 2 is 1.92 bits per heavy atom. The SMILES string of the molecule is CNC(=O)[C@@H](CC(C)C)NC(=O)c1cnc2c(cnn2C(C)C)c1. The van der Waals surface area contributed by atoms with E-state index in [-0.39, 0.29) is 23.8 Å². The van der Waals surface area contributed by atoms with Gasteiger partial charge in [0.25, 0.3) is 5.91 Å².